The topological polar surface area (TPSA) is 0 Å². The molecule has 122 valence electrons. The Morgan fingerprint density at radius 2 is 1.16 bits per heavy atom. The predicted octanol–water partition coefficient (Wildman–Crippen LogP) is 6.25. The van der Waals surface area contributed by atoms with Crippen LogP contribution in [0.4, 0.5) is 0 Å². The summed E-state index contributed by atoms with van der Waals surface area (Å²) >= 11 is 0. The van der Waals surface area contributed by atoms with Crippen LogP contribution in [0, 0.1) is 5.92 Å². The van der Waals surface area contributed by atoms with E-state index in [2.05, 4.69) is 111 Å². The highest BCUT2D eigenvalue weighted by Crippen LogP contribution is 2.58. The Hall–Kier alpha value is -2.82. The average molecular weight is 322 g/mol. The van der Waals surface area contributed by atoms with Crippen LogP contribution in [0.25, 0.3) is 5.57 Å². The third-order valence-electron chi connectivity index (χ3n) is 5.53. The van der Waals surface area contributed by atoms with E-state index >= 15 is 0 Å². The summed E-state index contributed by atoms with van der Waals surface area (Å²) < 4.78 is 0. The fourth-order valence-electron chi connectivity index (χ4n) is 3.71. The molecule has 0 spiro atoms. The van der Waals surface area contributed by atoms with Crippen LogP contribution in [-0.2, 0) is 5.41 Å². The Morgan fingerprint density at radius 3 is 1.64 bits per heavy atom. The van der Waals surface area contributed by atoms with Crippen molar-refractivity contribution in [2.45, 2.75) is 19.3 Å². The molecule has 25 heavy (non-hydrogen) atoms. The van der Waals surface area contributed by atoms with Crippen molar-refractivity contribution in [1.82, 2.24) is 0 Å². The molecule has 1 aliphatic rings. The number of allylic oxidation sites excluding steroid dienone is 1. The van der Waals surface area contributed by atoms with E-state index in [0.29, 0.717) is 5.92 Å². The standard InChI is InChI=1S/C25H22/c1-19-24(25(19,2)22-16-10-5-11-17-22)18-23(20-12-6-3-7-13-20)21-14-8-4-9-15-21/h3-17,19H,1-2H3/t19-,25-/m0/s1. The Labute approximate surface area is 150 Å². The smallest absolute Gasteiger partial charge is 0.0309 e. The van der Waals surface area contributed by atoms with Crippen molar-refractivity contribution < 1.29 is 0 Å². The number of benzene rings is 3. The fraction of sp³-hybridized carbons (Fsp3) is 0.160. The first-order chi connectivity index (χ1) is 12.2. The van der Waals surface area contributed by atoms with E-state index < -0.39 is 0 Å². The van der Waals surface area contributed by atoms with Crippen molar-refractivity contribution in [2.75, 3.05) is 0 Å². The first kappa shape index (κ1) is 15.7. The molecule has 0 amide bonds. The zero-order valence-electron chi connectivity index (χ0n) is 14.7. The van der Waals surface area contributed by atoms with Crippen LogP contribution >= 0.6 is 0 Å². The molecule has 4 rings (SSSR count). The maximum atomic E-state index is 3.80. The number of rotatable bonds is 3. The molecule has 0 aliphatic heterocycles. The van der Waals surface area contributed by atoms with Crippen LogP contribution in [0.1, 0.15) is 30.5 Å². The minimum atomic E-state index is 0.0933. The van der Waals surface area contributed by atoms with Crippen molar-refractivity contribution in [3.05, 3.63) is 119 Å². The molecule has 0 aromatic heterocycles. The summed E-state index contributed by atoms with van der Waals surface area (Å²) in [5, 5.41) is 0. The Bertz CT molecular complexity index is 888. The molecule has 3 aromatic carbocycles. The highest BCUT2D eigenvalue weighted by Gasteiger charge is 2.54. The third-order valence-corrected chi connectivity index (χ3v) is 5.53. The normalized spacial score (nSPS) is 21.5. The summed E-state index contributed by atoms with van der Waals surface area (Å²) in [6.07, 6.45) is 0. The lowest BCUT2D eigenvalue weighted by Crippen LogP contribution is -2.02. The molecule has 1 saturated carbocycles. The van der Waals surface area contributed by atoms with Gasteiger partial charge in [0.05, 0.1) is 0 Å². The predicted molar refractivity (Wildman–Crippen MR) is 105 cm³/mol. The van der Waals surface area contributed by atoms with Gasteiger partial charge >= 0.3 is 0 Å². The molecule has 3 aromatic rings. The van der Waals surface area contributed by atoms with Crippen molar-refractivity contribution in [3.63, 3.8) is 0 Å². The fourth-order valence-corrected chi connectivity index (χ4v) is 3.71. The maximum Gasteiger partial charge on any atom is 0.0309 e. The molecule has 0 saturated heterocycles. The molecular weight excluding hydrogens is 300 g/mol. The maximum absolute atomic E-state index is 3.80. The molecule has 0 N–H and O–H groups in total. The van der Waals surface area contributed by atoms with E-state index in [4.69, 9.17) is 0 Å². The second-order valence-corrected chi connectivity index (χ2v) is 6.94. The summed E-state index contributed by atoms with van der Waals surface area (Å²) in [6.45, 7) is 4.64. The average Bonchev–Trinajstić information content (AvgIpc) is 3.22. The summed E-state index contributed by atoms with van der Waals surface area (Å²) in [5.74, 6) is 0.511. The highest BCUT2D eigenvalue weighted by atomic mass is 14.6. The van der Waals surface area contributed by atoms with Crippen molar-refractivity contribution in [1.29, 1.82) is 0 Å². The van der Waals surface area contributed by atoms with E-state index in [1.54, 1.807) is 0 Å². The van der Waals surface area contributed by atoms with Gasteiger partial charge in [0, 0.05) is 11.0 Å². The molecule has 0 heterocycles. The second-order valence-electron chi connectivity index (χ2n) is 6.94. The number of hydrogen-bond acceptors (Lipinski definition) is 0. The van der Waals surface area contributed by atoms with E-state index in [-0.39, 0.29) is 5.41 Å². The Balaban J connectivity index is 1.90. The summed E-state index contributed by atoms with van der Waals surface area (Å²) in [4.78, 5) is 0. The van der Waals surface area contributed by atoms with Gasteiger partial charge in [0.1, 0.15) is 0 Å². The van der Waals surface area contributed by atoms with Crippen molar-refractivity contribution in [3.8, 4) is 0 Å². The number of hydrogen-bond donors (Lipinski definition) is 0. The minimum Gasteiger partial charge on any atom is -0.111 e. The molecule has 0 nitrogen and oxygen atoms in total. The van der Waals surface area contributed by atoms with Gasteiger partial charge in [-0.15, -0.1) is 5.73 Å². The molecule has 1 aliphatic carbocycles. The van der Waals surface area contributed by atoms with Crippen molar-refractivity contribution in [2.24, 2.45) is 5.92 Å². The van der Waals surface area contributed by atoms with Gasteiger partial charge in [0.25, 0.3) is 0 Å². The molecule has 2 atom stereocenters. The van der Waals surface area contributed by atoms with Crippen LogP contribution < -0.4 is 0 Å². The van der Waals surface area contributed by atoms with Crippen LogP contribution in [-0.4, -0.2) is 0 Å². The van der Waals surface area contributed by atoms with E-state index in [1.165, 1.54) is 27.8 Å². The van der Waals surface area contributed by atoms with Gasteiger partial charge in [0.15, 0.2) is 0 Å². The van der Waals surface area contributed by atoms with E-state index in [0.717, 1.165) is 0 Å². The molecule has 0 unspecified atom stereocenters. The van der Waals surface area contributed by atoms with Crippen LogP contribution in [0.2, 0.25) is 0 Å². The lowest BCUT2D eigenvalue weighted by Gasteiger charge is -2.09. The first-order valence-corrected chi connectivity index (χ1v) is 8.89. The van der Waals surface area contributed by atoms with E-state index in [1.807, 2.05) is 0 Å². The summed E-state index contributed by atoms with van der Waals surface area (Å²) in [7, 11) is 0. The van der Waals surface area contributed by atoms with Gasteiger partial charge in [-0.2, -0.15) is 0 Å². The highest BCUT2D eigenvalue weighted by molar-refractivity contribution is 5.80. The quantitative estimate of drug-likeness (QED) is 0.500. The zero-order valence-corrected chi connectivity index (χ0v) is 14.7. The summed E-state index contributed by atoms with van der Waals surface area (Å²) in [5.41, 5.74) is 10.3. The first-order valence-electron chi connectivity index (χ1n) is 8.89. The lowest BCUT2D eigenvalue weighted by molar-refractivity contribution is 0.707. The van der Waals surface area contributed by atoms with Gasteiger partial charge in [-0.1, -0.05) is 105 Å². The zero-order chi connectivity index (χ0) is 17.3. The second kappa shape index (κ2) is 6.24. The minimum absolute atomic E-state index is 0.0933. The van der Waals surface area contributed by atoms with Gasteiger partial charge in [-0.3, -0.25) is 0 Å². The largest absolute Gasteiger partial charge is 0.111 e. The van der Waals surface area contributed by atoms with Gasteiger partial charge in [-0.25, -0.2) is 0 Å². The molecule has 1 fully saturated rings. The monoisotopic (exact) mass is 322 g/mol. The Kier molecular flexibility index (Phi) is 3.92. The lowest BCUT2D eigenvalue weighted by atomic mass is 9.94. The van der Waals surface area contributed by atoms with Crippen molar-refractivity contribution >= 4 is 5.57 Å². The molecule has 0 radical (unpaired) electrons. The van der Waals surface area contributed by atoms with Crippen LogP contribution in [0.15, 0.2) is 102 Å². The molecular formula is C25H22. The van der Waals surface area contributed by atoms with Crippen LogP contribution in [0.5, 0.6) is 0 Å². The third kappa shape index (κ3) is 2.76. The van der Waals surface area contributed by atoms with Gasteiger partial charge in [-0.05, 0) is 28.2 Å². The van der Waals surface area contributed by atoms with Gasteiger partial charge < -0.3 is 0 Å². The molecule has 0 bridgehead atoms. The summed E-state index contributed by atoms with van der Waals surface area (Å²) in [6, 6.07) is 32.0. The van der Waals surface area contributed by atoms with Gasteiger partial charge in [0.2, 0.25) is 0 Å². The molecule has 0 heteroatoms. The Morgan fingerprint density at radius 1 is 0.720 bits per heavy atom. The van der Waals surface area contributed by atoms with Crippen LogP contribution in [0.3, 0.4) is 0 Å². The SMILES string of the molecule is C[C@H]1C(=C=C(c2ccccc2)c2ccccc2)[C@]1(C)c1ccccc1. The van der Waals surface area contributed by atoms with E-state index in [9.17, 15) is 0 Å².